The van der Waals surface area contributed by atoms with Crippen molar-refractivity contribution in [3.8, 4) is 5.75 Å². The molecular formula is C16H19NO5S2. The van der Waals surface area contributed by atoms with Gasteiger partial charge in [0.15, 0.2) is 0 Å². The molecule has 0 saturated carbocycles. The molecule has 8 heteroatoms. The van der Waals surface area contributed by atoms with Crippen LogP contribution >= 0.6 is 0 Å². The van der Waals surface area contributed by atoms with E-state index in [4.69, 9.17) is 4.18 Å². The summed E-state index contributed by atoms with van der Waals surface area (Å²) in [5, 5.41) is 0. The molecule has 0 spiro atoms. The molecule has 130 valence electrons. The van der Waals surface area contributed by atoms with E-state index in [1.54, 1.807) is 32.0 Å². The summed E-state index contributed by atoms with van der Waals surface area (Å²) in [6.45, 7) is 4.17. The van der Waals surface area contributed by atoms with Crippen molar-refractivity contribution in [3.63, 3.8) is 0 Å². The van der Waals surface area contributed by atoms with Gasteiger partial charge in [-0.25, -0.2) is 8.42 Å². The third-order valence-corrected chi connectivity index (χ3v) is 6.73. The van der Waals surface area contributed by atoms with E-state index in [9.17, 15) is 16.8 Å². The summed E-state index contributed by atoms with van der Waals surface area (Å²) in [6, 6.07) is 13.1. The van der Waals surface area contributed by atoms with Crippen LogP contribution in [0, 0.1) is 0 Å². The van der Waals surface area contributed by atoms with E-state index < -0.39 is 20.1 Å². The molecule has 0 aliphatic heterocycles. The minimum atomic E-state index is -4.02. The molecule has 0 heterocycles. The van der Waals surface area contributed by atoms with Gasteiger partial charge in [-0.05, 0) is 36.4 Å². The zero-order chi connectivity index (χ0) is 17.8. The van der Waals surface area contributed by atoms with Crippen LogP contribution in [0.3, 0.4) is 0 Å². The van der Waals surface area contributed by atoms with E-state index in [0.29, 0.717) is 13.1 Å². The summed E-state index contributed by atoms with van der Waals surface area (Å²) in [7, 11) is -7.64. The maximum atomic E-state index is 12.4. The monoisotopic (exact) mass is 369 g/mol. The van der Waals surface area contributed by atoms with Gasteiger partial charge in [-0.2, -0.15) is 12.7 Å². The van der Waals surface area contributed by atoms with Gasteiger partial charge in [-0.1, -0.05) is 32.0 Å². The third kappa shape index (κ3) is 3.95. The van der Waals surface area contributed by atoms with Crippen LogP contribution in [0.1, 0.15) is 13.8 Å². The lowest BCUT2D eigenvalue weighted by atomic mass is 10.3. The summed E-state index contributed by atoms with van der Waals surface area (Å²) in [5.41, 5.74) is 0. The van der Waals surface area contributed by atoms with Crippen molar-refractivity contribution in [2.75, 3.05) is 13.1 Å². The zero-order valence-electron chi connectivity index (χ0n) is 13.4. The minimum Gasteiger partial charge on any atom is -0.379 e. The van der Waals surface area contributed by atoms with Gasteiger partial charge in [-0.15, -0.1) is 0 Å². The van der Waals surface area contributed by atoms with Crippen LogP contribution < -0.4 is 4.18 Å². The van der Waals surface area contributed by atoms with Crippen LogP contribution in [-0.2, 0) is 20.1 Å². The smallest absolute Gasteiger partial charge is 0.339 e. The summed E-state index contributed by atoms with van der Waals surface area (Å²) in [6.07, 6.45) is 0. The number of hydrogen-bond donors (Lipinski definition) is 0. The maximum Gasteiger partial charge on any atom is 0.339 e. The number of benzene rings is 2. The highest BCUT2D eigenvalue weighted by Crippen LogP contribution is 2.21. The second kappa shape index (κ2) is 7.33. The van der Waals surface area contributed by atoms with Crippen LogP contribution in [0.5, 0.6) is 5.75 Å². The average molecular weight is 369 g/mol. The molecule has 0 aliphatic rings. The Hall–Kier alpha value is -1.90. The maximum absolute atomic E-state index is 12.4. The Kier molecular flexibility index (Phi) is 5.63. The molecule has 0 atom stereocenters. The Morgan fingerprint density at radius 1 is 0.792 bits per heavy atom. The van der Waals surface area contributed by atoms with Crippen molar-refractivity contribution >= 4 is 20.1 Å². The Labute approximate surface area is 142 Å². The van der Waals surface area contributed by atoms with Crippen LogP contribution in [0.25, 0.3) is 0 Å². The van der Waals surface area contributed by atoms with Crippen molar-refractivity contribution in [2.24, 2.45) is 0 Å². The number of hydrogen-bond acceptors (Lipinski definition) is 5. The van der Waals surface area contributed by atoms with E-state index in [1.165, 1.54) is 40.7 Å². The van der Waals surface area contributed by atoms with Gasteiger partial charge in [0.1, 0.15) is 10.6 Å². The molecule has 2 aromatic rings. The molecule has 0 N–H and O–H groups in total. The standard InChI is InChI=1S/C16H19NO5S2/c1-3-17(4-2)23(18,19)15-10-12-16(13-11-15)24(20,21)22-14-8-6-5-7-9-14/h5-13H,3-4H2,1-2H3. The fourth-order valence-corrected chi connectivity index (χ4v) is 4.53. The van der Waals surface area contributed by atoms with Gasteiger partial charge in [0.25, 0.3) is 0 Å². The molecule has 0 fully saturated rings. The minimum absolute atomic E-state index is 0.0462. The second-order valence-electron chi connectivity index (χ2n) is 4.91. The third-order valence-electron chi connectivity index (χ3n) is 3.40. The largest absolute Gasteiger partial charge is 0.379 e. The first-order chi connectivity index (χ1) is 11.3. The van der Waals surface area contributed by atoms with Gasteiger partial charge >= 0.3 is 10.1 Å². The molecule has 0 amide bonds. The molecule has 0 bridgehead atoms. The molecule has 0 radical (unpaired) electrons. The summed E-state index contributed by atoms with van der Waals surface area (Å²) in [5.74, 6) is 0.192. The van der Waals surface area contributed by atoms with Crippen LogP contribution in [0.2, 0.25) is 0 Å². The fraction of sp³-hybridized carbons (Fsp3) is 0.250. The first-order valence-corrected chi connectivity index (χ1v) is 10.3. The van der Waals surface area contributed by atoms with Crippen molar-refractivity contribution in [3.05, 3.63) is 54.6 Å². The predicted octanol–water partition coefficient (Wildman–Crippen LogP) is 2.48. The molecule has 24 heavy (non-hydrogen) atoms. The molecule has 0 aromatic heterocycles. The first kappa shape index (κ1) is 18.4. The zero-order valence-corrected chi connectivity index (χ0v) is 15.0. The van der Waals surface area contributed by atoms with Gasteiger partial charge in [0, 0.05) is 13.1 Å². The predicted molar refractivity (Wildman–Crippen MR) is 90.8 cm³/mol. The average Bonchev–Trinajstić information content (AvgIpc) is 2.56. The topological polar surface area (TPSA) is 80.8 Å². The van der Waals surface area contributed by atoms with Crippen molar-refractivity contribution in [2.45, 2.75) is 23.6 Å². The van der Waals surface area contributed by atoms with Gasteiger partial charge < -0.3 is 4.18 Å². The quantitative estimate of drug-likeness (QED) is 0.701. The molecule has 0 aliphatic carbocycles. The first-order valence-electron chi connectivity index (χ1n) is 7.41. The highest BCUT2D eigenvalue weighted by atomic mass is 32.2. The highest BCUT2D eigenvalue weighted by Gasteiger charge is 2.23. The molecule has 0 saturated heterocycles. The summed E-state index contributed by atoms with van der Waals surface area (Å²) in [4.78, 5) is -0.0605. The van der Waals surface area contributed by atoms with Crippen molar-refractivity contribution < 1.29 is 21.0 Å². The van der Waals surface area contributed by atoms with Crippen LogP contribution in [0.4, 0.5) is 0 Å². The molecule has 2 aromatic carbocycles. The van der Waals surface area contributed by atoms with E-state index in [-0.39, 0.29) is 15.5 Å². The number of sulfonamides is 1. The fourth-order valence-electron chi connectivity index (χ4n) is 2.14. The van der Waals surface area contributed by atoms with E-state index >= 15 is 0 Å². The van der Waals surface area contributed by atoms with Gasteiger partial charge in [0.05, 0.1) is 4.90 Å². The summed E-state index contributed by atoms with van der Waals surface area (Å²) < 4.78 is 55.6. The number of rotatable bonds is 7. The second-order valence-corrected chi connectivity index (χ2v) is 8.40. The SMILES string of the molecule is CCN(CC)S(=O)(=O)c1ccc(S(=O)(=O)Oc2ccccc2)cc1. The van der Waals surface area contributed by atoms with Gasteiger partial charge in [0.2, 0.25) is 10.0 Å². The molecule has 2 rings (SSSR count). The Morgan fingerprint density at radius 2 is 1.29 bits per heavy atom. The van der Waals surface area contributed by atoms with Crippen molar-refractivity contribution in [1.29, 1.82) is 0 Å². The van der Waals surface area contributed by atoms with Gasteiger partial charge in [-0.3, -0.25) is 0 Å². The lowest BCUT2D eigenvalue weighted by molar-refractivity contribution is 0.445. The van der Waals surface area contributed by atoms with Crippen LogP contribution in [-0.4, -0.2) is 34.2 Å². The van der Waals surface area contributed by atoms with E-state index in [2.05, 4.69) is 0 Å². The molecule has 6 nitrogen and oxygen atoms in total. The van der Waals surface area contributed by atoms with Crippen LogP contribution in [0.15, 0.2) is 64.4 Å². The Bertz CT molecular complexity index is 872. The summed E-state index contributed by atoms with van der Waals surface area (Å²) >= 11 is 0. The highest BCUT2D eigenvalue weighted by molar-refractivity contribution is 7.89. The molecule has 0 unspecified atom stereocenters. The van der Waals surface area contributed by atoms with E-state index in [0.717, 1.165) is 0 Å². The molecular weight excluding hydrogens is 350 g/mol. The Balaban J connectivity index is 2.29. The normalized spacial score (nSPS) is 12.3. The Morgan fingerprint density at radius 3 is 1.79 bits per heavy atom. The lowest BCUT2D eigenvalue weighted by Crippen LogP contribution is -2.30. The lowest BCUT2D eigenvalue weighted by Gasteiger charge is -2.18. The number of para-hydroxylation sites is 1. The van der Waals surface area contributed by atoms with E-state index in [1.807, 2.05) is 0 Å². The van der Waals surface area contributed by atoms with Crippen molar-refractivity contribution in [1.82, 2.24) is 4.31 Å². The number of nitrogens with zero attached hydrogens (tertiary/aromatic N) is 1.